The Bertz CT molecular complexity index is 698. The number of fused-ring (bicyclic) bond motifs is 3. The molecule has 0 radical (unpaired) electrons. The molecule has 0 atom stereocenters. The lowest BCUT2D eigenvalue weighted by Gasteiger charge is -2.01. The molecule has 0 bridgehead atoms. The number of aromatic nitrogens is 1. The summed E-state index contributed by atoms with van der Waals surface area (Å²) in [4.78, 5) is 0. The van der Waals surface area contributed by atoms with Crippen LogP contribution in [0.15, 0.2) is 48.7 Å². The number of nitrogens with zero attached hydrogens (tertiary/aromatic N) is 1. The second kappa shape index (κ2) is 5.42. The summed E-state index contributed by atoms with van der Waals surface area (Å²) in [5.74, 6) is 0.215. The fraction of sp³-hybridized carbons (Fsp3) is 0.0714. The van der Waals surface area contributed by atoms with Gasteiger partial charge in [-0.1, -0.05) is 17.7 Å². The van der Waals surface area contributed by atoms with Crippen LogP contribution in [-0.4, -0.2) is 11.5 Å². The predicted octanol–water partition coefficient (Wildman–Crippen LogP) is 3.79. The molecule has 92 valence electrons. The van der Waals surface area contributed by atoms with E-state index in [1.54, 1.807) is 12.1 Å². The lowest BCUT2D eigenvalue weighted by molar-refractivity contribution is -0.481. The van der Waals surface area contributed by atoms with Crippen molar-refractivity contribution in [1.29, 1.82) is 0 Å². The Balaban J connectivity index is 0.000000574. The first-order chi connectivity index (χ1) is 8.77. The van der Waals surface area contributed by atoms with Crippen molar-refractivity contribution in [3.05, 3.63) is 53.7 Å². The summed E-state index contributed by atoms with van der Waals surface area (Å²) in [6.45, 7) is 0. The lowest BCUT2D eigenvalue weighted by Crippen LogP contribution is -2.21. The van der Waals surface area contributed by atoms with Crippen LogP contribution >= 0.6 is 23.2 Å². The van der Waals surface area contributed by atoms with E-state index in [0.29, 0.717) is 10.4 Å². The maximum absolute atomic E-state index is 9.95. The number of rotatable bonds is 0. The van der Waals surface area contributed by atoms with Crippen LogP contribution in [0.25, 0.3) is 16.4 Å². The minimum atomic E-state index is 0.215. The molecule has 2 aromatic heterocycles. The van der Waals surface area contributed by atoms with Gasteiger partial charge < -0.3 is 5.11 Å². The standard InChI is InChI=1S/C13H8ClNO.CH3Cl/c14-10-5-3-6-11-13(10)12(16)8-9-4-1-2-7-15(9)11;1-2/h1-8H;1H3/p+1. The van der Waals surface area contributed by atoms with E-state index in [4.69, 9.17) is 11.6 Å². The molecular formula is C14H12Cl2NO+. The van der Waals surface area contributed by atoms with Crippen LogP contribution in [-0.2, 0) is 0 Å². The molecule has 2 nitrogen and oxygen atoms in total. The zero-order valence-corrected chi connectivity index (χ0v) is 11.3. The molecule has 1 aromatic carbocycles. The second-order valence-corrected chi connectivity index (χ2v) is 4.07. The summed E-state index contributed by atoms with van der Waals surface area (Å²) in [7, 11) is 0. The van der Waals surface area contributed by atoms with Crippen molar-refractivity contribution in [2.45, 2.75) is 0 Å². The summed E-state index contributed by atoms with van der Waals surface area (Å²) in [6, 6.07) is 13.1. The molecule has 0 aliphatic heterocycles. The quantitative estimate of drug-likeness (QED) is 0.378. The average Bonchev–Trinajstić information content (AvgIpc) is 2.41. The van der Waals surface area contributed by atoms with Gasteiger partial charge in [0.2, 0.25) is 11.0 Å². The topological polar surface area (TPSA) is 24.3 Å². The van der Waals surface area contributed by atoms with E-state index in [0.717, 1.165) is 11.0 Å². The monoisotopic (exact) mass is 280 g/mol. The fourth-order valence-corrected chi connectivity index (χ4v) is 2.24. The molecule has 4 heteroatoms. The zero-order valence-electron chi connectivity index (χ0n) is 9.77. The van der Waals surface area contributed by atoms with E-state index in [9.17, 15) is 5.11 Å². The summed E-state index contributed by atoms with van der Waals surface area (Å²) >= 11 is 10.7. The van der Waals surface area contributed by atoms with Gasteiger partial charge in [-0.15, -0.1) is 11.6 Å². The van der Waals surface area contributed by atoms with E-state index in [1.165, 1.54) is 6.38 Å². The Morgan fingerprint density at radius 2 is 1.83 bits per heavy atom. The number of benzene rings is 1. The van der Waals surface area contributed by atoms with Gasteiger partial charge in [-0.25, -0.2) is 0 Å². The fourth-order valence-electron chi connectivity index (χ4n) is 1.97. The van der Waals surface area contributed by atoms with Crippen LogP contribution in [0.2, 0.25) is 5.02 Å². The van der Waals surface area contributed by atoms with Crippen molar-refractivity contribution in [2.24, 2.45) is 0 Å². The molecule has 18 heavy (non-hydrogen) atoms. The van der Waals surface area contributed by atoms with Crippen molar-refractivity contribution < 1.29 is 9.51 Å². The number of hydrogen-bond donors (Lipinski definition) is 1. The van der Waals surface area contributed by atoms with E-state index in [-0.39, 0.29) is 5.75 Å². The second-order valence-electron chi connectivity index (χ2n) is 3.66. The highest BCUT2D eigenvalue weighted by Gasteiger charge is 2.14. The summed E-state index contributed by atoms with van der Waals surface area (Å²) in [5, 5.41) is 11.2. The third-order valence-corrected chi connectivity index (χ3v) is 3.00. The van der Waals surface area contributed by atoms with Crippen LogP contribution in [0.4, 0.5) is 0 Å². The molecule has 3 aromatic rings. The highest BCUT2D eigenvalue weighted by atomic mass is 35.5. The minimum Gasteiger partial charge on any atom is -0.507 e. The highest BCUT2D eigenvalue weighted by molar-refractivity contribution is 6.35. The van der Waals surface area contributed by atoms with Crippen molar-refractivity contribution in [3.63, 3.8) is 0 Å². The Kier molecular flexibility index (Phi) is 3.90. The average molecular weight is 281 g/mol. The Labute approximate surface area is 115 Å². The number of aromatic hydroxyl groups is 1. The van der Waals surface area contributed by atoms with Gasteiger partial charge in [0, 0.05) is 24.6 Å². The molecule has 0 aliphatic rings. The molecule has 1 N–H and O–H groups in total. The van der Waals surface area contributed by atoms with Crippen LogP contribution in [0.5, 0.6) is 5.75 Å². The number of hydrogen-bond acceptors (Lipinski definition) is 1. The van der Waals surface area contributed by atoms with Gasteiger partial charge in [0.25, 0.3) is 0 Å². The normalized spacial score (nSPS) is 10.2. The first-order valence-corrected chi connectivity index (χ1v) is 6.49. The molecule has 0 amide bonds. The van der Waals surface area contributed by atoms with Gasteiger partial charge in [0.15, 0.2) is 6.20 Å². The third kappa shape index (κ3) is 2.09. The smallest absolute Gasteiger partial charge is 0.223 e. The van der Waals surface area contributed by atoms with E-state index in [2.05, 4.69) is 11.6 Å². The van der Waals surface area contributed by atoms with Crippen molar-refractivity contribution in [3.8, 4) is 5.75 Å². The number of pyridine rings is 2. The molecule has 0 saturated carbocycles. The zero-order chi connectivity index (χ0) is 13.1. The molecule has 0 aliphatic carbocycles. The molecule has 2 heterocycles. The highest BCUT2D eigenvalue weighted by Crippen LogP contribution is 2.29. The molecule has 0 fully saturated rings. The van der Waals surface area contributed by atoms with E-state index >= 15 is 0 Å². The van der Waals surface area contributed by atoms with Crippen molar-refractivity contribution in [2.75, 3.05) is 6.38 Å². The molecule has 0 saturated heterocycles. The molecule has 0 spiro atoms. The Morgan fingerprint density at radius 1 is 1.06 bits per heavy atom. The van der Waals surface area contributed by atoms with E-state index in [1.807, 2.05) is 40.9 Å². The lowest BCUT2D eigenvalue weighted by atomic mass is 10.1. The Hall–Kier alpha value is -1.51. The van der Waals surface area contributed by atoms with Crippen LogP contribution in [0, 0.1) is 0 Å². The van der Waals surface area contributed by atoms with Gasteiger partial charge in [0.05, 0.1) is 11.1 Å². The third-order valence-electron chi connectivity index (χ3n) is 2.68. The number of alkyl halides is 1. The van der Waals surface area contributed by atoms with Crippen LogP contribution < -0.4 is 4.40 Å². The van der Waals surface area contributed by atoms with Crippen LogP contribution in [0.1, 0.15) is 0 Å². The van der Waals surface area contributed by atoms with E-state index < -0.39 is 0 Å². The Morgan fingerprint density at radius 3 is 2.61 bits per heavy atom. The first kappa shape index (κ1) is 12.9. The maximum atomic E-state index is 9.95. The summed E-state index contributed by atoms with van der Waals surface area (Å²) in [6.07, 6.45) is 3.42. The van der Waals surface area contributed by atoms with Crippen LogP contribution in [0.3, 0.4) is 0 Å². The molecule has 3 rings (SSSR count). The van der Waals surface area contributed by atoms with Gasteiger partial charge >= 0.3 is 0 Å². The van der Waals surface area contributed by atoms with Gasteiger partial charge in [-0.05, 0) is 12.1 Å². The largest absolute Gasteiger partial charge is 0.507 e. The first-order valence-electron chi connectivity index (χ1n) is 5.36. The number of halogens is 2. The molecular weight excluding hydrogens is 269 g/mol. The van der Waals surface area contributed by atoms with Gasteiger partial charge in [-0.3, -0.25) is 0 Å². The summed E-state index contributed by atoms with van der Waals surface area (Å²) in [5.41, 5.74) is 1.85. The van der Waals surface area contributed by atoms with Gasteiger partial charge in [0.1, 0.15) is 11.1 Å². The predicted molar refractivity (Wildman–Crippen MR) is 75.6 cm³/mol. The summed E-state index contributed by atoms with van der Waals surface area (Å²) < 4.78 is 2.00. The SMILES string of the molecule is CCl.Oc1cc2cccc[n+]2c2cccc(Cl)c12. The minimum absolute atomic E-state index is 0.215. The van der Waals surface area contributed by atoms with Gasteiger partial charge in [-0.2, -0.15) is 4.40 Å². The molecule has 0 unspecified atom stereocenters. The van der Waals surface area contributed by atoms with Crippen molar-refractivity contribution in [1.82, 2.24) is 0 Å². The maximum Gasteiger partial charge on any atom is 0.223 e. The van der Waals surface area contributed by atoms with Crippen molar-refractivity contribution >= 4 is 39.6 Å².